The van der Waals surface area contributed by atoms with Gasteiger partial charge >= 0.3 is 0 Å². The molecular formula is C13H23N3O2S. The van der Waals surface area contributed by atoms with Gasteiger partial charge in [0.15, 0.2) is 0 Å². The smallest absolute Gasteiger partial charge is 0.214 e. The van der Waals surface area contributed by atoms with Crippen molar-refractivity contribution in [2.24, 2.45) is 5.73 Å². The molecule has 1 heterocycles. The zero-order chi connectivity index (χ0) is 14.1. The van der Waals surface area contributed by atoms with Crippen molar-refractivity contribution < 1.29 is 8.42 Å². The number of hydrogen-bond acceptors (Lipinski definition) is 4. The van der Waals surface area contributed by atoms with Crippen LogP contribution in [0.3, 0.4) is 0 Å². The van der Waals surface area contributed by atoms with E-state index in [2.05, 4.69) is 4.98 Å². The Morgan fingerprint density at radius 2 is 1.95 bits per heavy atom. The highest BCUT2D eigenvalue weighted by atomic mass is 32.2. The number of nitrogens with two attached hydrogens (primary N) is 1. The van der Waals surface area contributed by atoms with E-state index >= 15 is 0 Å². The summed E-state index contributed by atoms with van der Waals surface area (Å²) < 4.78 is 26.0. The normalized spacial score (nSPS) is 11.9. The lowest BCUT2D eigenvalue weighted by Gasteiger charge is -2.21. The van der Waals surface area contributed by atoms with Crippen molar-refractivity contribution in [1.82, 2.24) is 9.29 Å². The van der Waals surface area contributed by atoms with Gasteiger partial charge in [-0.15, -0.1) is 0 Å². The summed E-state index contributed by atoms with van der Waals surface area (Å²) in [7, 11) is -3.22. The highest BCUT2D eigenvalue weighted by Gasteiger charge is 2.20. The second kappa shape index (κ2) is 8.24. The molecular weight excluding hydrogens is 262 g/mol. The maximum atomic E-state index is 12.3. The van der Waals surface area contributed by atoms with Gasteiger partial charge in [0.25, 0.3) is 0 Å². The SMILES string of the molecule is CCCCN(CCN)S(=O)(=O)CCc1ccncc1. The highest BCUT2D eigenvalue weighted by Crippen LogP contribution is 2.07. The summed E-state index contributed by atoms with van der Waals surface area (Å²) in [4.78, 5) is 3.92. The van der Waals surface area contributed by atoms with Crippen LogP contribution in [0.2, 0.25) is 0 Å². The Hall–Kier alpha value is -0.980. The molecule has 0 aliphatic rings. The third kappa shape index (κ3) is 5.67. The fraction of sp³-hybridized carbons (Fsp3) is 0.615. The van der Waals surface area contributed by atoms with Gasteiger partial charge in [0, 0.05) is 32.0 Å². The largest absolute Gasteiger partial charge is 0.329 e. The van der Waals surface area contributed by atoms with Gasteiger partial charge in [0.1, 0.15) is 0 Å². The Morgan fingerprint density at radius 1 is 1.26 bits per heavy atom. The average Bonchev–Trinajstić information content (AvgIpc) is 2.42. The van der Waals surface area contributed by atoms with Crippen LogP contribution in [-0.4, -0.2) is 43.1 Å². The minimum Gasteiger partial charge on any atom is -0.329 e. The number of unbranched alkanes of at least 4 members (excludes halogenated alkanes) is 1. The van der Waals surface area contributed by atoms with Crippen LogP contribution < -0.4 is 5.73 Å². The van der Waals surface area contributed by atoms with Crippen LogP contribution in [0.4, 0.5) is 0 Å². The molecule has 0 saturated carbocycles. The number of sulfonamides is 1. The standard InChI is InChI=1S/C13H23N3O2S/c1-2-3-10-16(11-7-14)19(17,18)12-6-13-4-8-15-9-5-13/h4-5,8-9H,2-3,6-7,10-12,14H2,1H3. The molecule has 108 valence electrons. The molecule has 1 rings (SSSR count). The maximum absolute atomic E-state index is 12.3. The van der Waals surface area contributed by atoms with Crippen LogP contribution in [0.5, 0.6) is 0 Å². The molecule has 0 bridgehead atoms. The van der Waals surface area contributed by atoms with E-state index in [9.17, 15) is 8.42 Å². The fourth-order valence-electron chi connectivity index (χ4n) is 1.79. The first kappa shape index (κ1) is 16.1. The number of rotatable bonds is 9. The Balaban J connectivity index is 2.61. The summed E-state index contributed by atoms with van der Waals surface area (Å²) in [6.45, 7) is 3.37. The molecule has 0 aliphatic heterocycles. The number of nitrogens with zero attached hydrogens (tertiary/aromatic N) is 2. The minimum atomic E-state index is -3.22. The van der Waals surface area contributed by atoms with E-state index in [4.69, 9.17) is 5.73 Å². The first-order valence-corrected chi connectivity index (χ1v) is 8.28. The van der Waals surface area contributed by atoms with Gasteiger partial charge in [-0.3, -0.25) is 4.98 Å². The van der Waals surface area contributed by atoms with E-state index in [1.54, 1.807) is 12.4 Å². The fourth-order valence-corrected chi connectivity index (χ4v) is 3.34. The van der Waals surface area contributed by atoms with Crippen molar-refractivity contribution in [3.05, 3.63) is 30.1 Å². The molecule has 0 unspecified atom stereocenters. The van der Waals surface area contributed by atoms with Crippen molar-refractivity contribution in [2.75, 3.05) is 25.4 Å². The van der Waals surface area contributed by atoms with E-state index in [0.29, 0.717) is 26.1 Å². The molecule has 0 atom stereocenters. The van der Waals surface area contributed by atoms with Crippen molar-refractivity contribution >= 4 is 10.0 Å². The van der Waals surface area contributed by atoms with Gasteiger partial charge in [0.05, 0.1) is 5.75 Å². The number of hydrogen-bond donors (Lipinski definition) is 1. The molecule has 6 heteroatoms. The highest BCUT2D eigenvalue weighted by molar-refractivity contribution is 7.89. The number of aryl methyl sites for hydroxylation is 1. The van der Waals surface area contributed by atoms with Crippen molar-refractivity contribution in [2.45, 2.75) is 26.2 Å². The second-order valence-electron chi connectivity index (χ2n) is 4.46. The maximum Gasteiger partial charge on any atom is 0.214 e. The van der Waals surface area contributed by atoms with Crippen LogP contribution in [0.15, 0.2) is 24.5 Å². The van der Waals surface area contributed by atoms with Gasteiger partial charge in [0.2, 0.25) is 10.0 Å². The third-order valence-corrected chi connectivity index (χ3v) is 4.80. The quantitative estimate of drug-likeness (QED) is 0.735. The zero-order valence-corrected chi connectivity index (χ0v) is 12.3. The summed E-state index contributed by atoms with van der Waals surface area (Å²) >= 11 is 0. The van der Waals surface area contributed by atoms with E-state index < -0.39 is 10.0 Å². The molecule has 19 heavy (non-hydrogen) atoms. The lowest BCUT2D eigenvalue weighted by Crippen LogP contribution is -2.38. The predicted octanol–water partition coefficient (Wildman–Crippen LogP) is 1.01. The van der Waals surface area contributed by atoms with Crippen molar-refractivity contribution in [1.29, 1.82) is 0 Å². The topological polar surface area (TPSA) is 76.3 Å². The monoisotopic (exact) mass is 285 g/mol. The average molecular weight is 285 g/mol. The Labute approximate surface area is 115 Å². The molecule has 0 amide bonds. The Kier molecular flexibility index (Phi) is 6.97. The number of pyridine rings is 1. The van der Waals surface area contributed by atoms with Crippen LogP contribution in [0.25, 0.3) is 0 Å². The zero-order valence-electron chi connectivity index (χ0n) is 11.5. The van der Waals surface area contributed by atoms with Crippen LogP contribution >= 0.6 is 0 Å². The predicted molar refractivity (Wildman–Crippen MR) is 77.3 cm³/mol. The molecule has 1 aromatic heterocycles. The summed E-state index contributed by atoms with van der Waals surface area (Å²) in [6, 6.07) is 3.68. The van der Waals surface area contributed by atoms with E-state index in [1.807, 2.05) is 19.1 Å². The van der Waals surface area contributed by atoms with Crippen molar-refractivity contribution in [3.63, 3.8) is 0 Å². The lowest BCUT2D eigenvalue weighted by atomic mass is 10.2. The molecule has 0 radical (unpaired) electrons. The van der Waals surface area contributed by atoms with Crippen LogP contribution in [-0.2, 0) is 16.4 Å². The lowest BCUT2D eigenvalue weighted by molar-refractivity contribution is 0.410. The van der Waals surface area contributed by atoms with Gasteiger partial charge in [-0.1, -0.05) is 13.3 Å². The molecule has 1 aromatic rings. The second-order valence-corrected chi connectivity index (χ2v) is 6.55. The summed E-state index contributed by atoms with van der Waals surface area (Å²) in [5.41, 5.74) is 6.48. The van der Waals surface area contributed by atoms with Crippen LogP contribution in [0, 0.1) is 0 Å². The van der Waals surface area contributed by atoms with Crippen LogP contribution in [0.1, 0.15) is 25.3 Å². The van der Waals surface area contributed by atoms with E-state index in [0.717, 1.165) is 18.4 Å². The molecule has 0 saturated heterocycles. The third-order valence-electron chi connectivity index (χ3n) is 2.93. The van der Waals surface area contributed by atoms with Gasteiger partial charge in [-0.2, -0.15) is 0 Å². The molecule has 2 N–H and O–H groups in total. The van der Waals surface area contributed by atoms with Crippen molar-refractivity contribution in [3.8, 4) is 0 Å². The van der Waals surface area contributed by atoms with Gasteiger partial charge < -0.3 is 5.73 Å². The number of aromatic nitrogens is 1. The van der Waals surface area contributed by atoms with Gasteiger partial charge in [-0.25, -0.2) is 12.7 Å². The minimum absolute atomic E-state index is 0.126. The summed E-state index contributed by atoms with van der Waals surface area (Å²) in [5, 5.41) is 0. The first-order chi connectivity index (χ1) is 9.10. The van der Waals surface area contributed by atoms with Gasteiger partial charge in [-0.05, 0) is 30.5 Å². The molecule has 0 spiro atoms. The Bertz CT molecular complexity index is 448. The first-order valence-electron chi connectivity index (χ1n) is 6.67. The van der Waals surface area contributed by atoms with E-state index in [-0.39, 0.29) is 5.75 Å². The molecule has 0 fully saturated rings. The summed E-state index contributed by atoms with van der Waals surface area (Å²) in [6.07, 6.45) is 5.71. The van der Waals surface area contributed by atoms with E-state index in [1.165, 1.54) is 4.31 Å². The molecule has 0 aliphatic carbocycles. The molecule has 0 aromatic carbocycles. The summed E-state index contributed by atoms with van der Waals surface area (Å²) in [5.74, 6) is 0.126. The Morgan fingerprint density at radius 3 is 2.53 bits per heavy atom. The molecule has 5 nitrogen and oxygen atoms in total.